The van der Waals surface area contributed by atoms with Gasteiger partial charge in [0.05, 0.1) is 18.2 Å². The molecule has 1 aromatic heterocycles. The molecule has 0 saturated carbocycles. The molecule has 1 heterocycles. The van der Waals surface area contributed by atoms with E-state index >= 15 is 0 Å². The Hall–Kier alpha value is -3.85. The number of hydrogen-bond donors (Lipinski definition) is 1. The predicted molar refractivity (Wildman–Crippen MR) is 118 cm³/mol. The van der Waals surface area contributed by atoms with Crippen molar-refractivity contribution in [3.05, 3.63) is 92.8 Å². The van der Waals surface area contributed by atoms with Crippen molar-refractivity contribution in [3.63, 3.8) is 0 Å². The molecule has 3 rings (SSSR count). The Labute approximate surface area is 181 Å². The number of aromatic hydroxyl groups is 1. The smallest absolute Gasteiger partial charge is 0.272 e. The molecule has 6 heteroatoms. The molecule has 3 aromatic rings. The lowest BCUT2D eigenvalue weighted by Crippen LogP contribution is -2.29. The lowest BCUT2D eigenvalue weighted by molar-refractivity contribution is 0.103. The topological polar surface area (TPSA) is 92.3 Å². The summed E-state index contributed by atoms with van der Waals surface area (Å²) in [6.45, 7) is 5.81. The molecule has 0 bridgehead atoms. The summed E-state index contributed by atoms with van der Waals surface area (Å²) in [5.74, 6) is -0.281. The molecule has 2 aromatic carbocycles. The number of carbonyl (C=O) groups is 1. The number of ketones is 1. The third kappa shape index (κ3) is 4.22. The van der Waals surface area contributed by atoms with Crippen molar-refractivity contribution in [2.24, 2.45) is 0 Å². The van der Waals surface area contributed by atoms with Gasteiger partial charge in [0.1, 0.15) is 17.4 Å². The maximum atomic E-state index is 13.3. The summed E-state index contributed by atoms with van der Waals surface area (Å²) in [6.07, 6.45) is 0.867. The Bertz CT molecular complexity index is 1190. The maximum absolute atomic E-state index is 13.3. The van der Waals surface area contributed by atoms with Crippen LogP contribution in [0.15, 0.2) is 59.4 Å². The second-order valence-electron chi connectivity index (χ2n) is 7.27. The molecule has 0 radical (unpaired) electrons. The second kappa shape index (κ2) is 9.31. The van der Waals surface area contributed by atoms with Gasteiger partial charge in [0.25, 0.3) is 5.56 Å². The van der Waals surface area contributed by atoms with Crippen molar-refractivity contribution in [2.75, 3.05) is 6.61 Å². The van der Waals surface area contributed by atoms with Gasteiger partial charge < -0.3 is 9.84 Å². The summed E-state index contributed by atoms with van der Waals surface area (Å²) in [4.78, 5) is 26.2. The lowest BCUT2D eigenvalue weighted by atomic mass is 9.96. The average Bonchev–Trinajstić information content (AvgIpc) is 2.78. The average molecular weight is 416 g/mol. The van der Waals surface area contributed by atoms with Gasteiger partial charge in [-0.05, 0) is 55.7 Å². The van der Waals surface area contributed by atoms with Gasteiger partial charge in [-0.15, -0.1) is 0 Å². The van der Waals surface area contributed by atoms with Crippen LogP contribution in [0.1, 0.15) is 58.9 Å². The summed E-state index contributed by atoms with van der Waals surface area (Å²) >= 11 is 0. The monoisotopic (exact) mass is 416 g/mol. The highest BCUT2D eigenvalue weighted by Gasteiger charge is 2.27. The van der Waals surface area contributed by atoms with Crippen LogP contribution in [0, 0.1) is 18.3 Å². The maximum Gasteiger partial charge on any atom is 0.272 e. The Balaban J connectivity index is 2.13. The number of ether oxygens (including phenoxy) is 1. The van der Waals surface area contributed by atoms with Crippen LogP contribution < -0.4 is 10.3 Å². The van der Waals surface area contributed by atoms with Crippen LogP contribution in [-0.2, 0) is 0 Å². The van der Waals surface area contributed by atoms with E-state index < -0.39 is 23.3 Å². The Morgan fingerprint density at radius 3 is 2.39 bits per heavy atom. The number of nitriles is 1. The van der Waals surface area contributed by atoms with E-state index in [0.717, 1.165) is 16.6 Å². The minimum atomic E-state index is -0.631. The molecule has 0 aliphatic rings. The molecule has 0 spiro atoms. The number of rotatable bonds is 7. The molecular formula is C25H24N2O4. The zero-order valence-corrected chi connectivity index (χ0v) is 17.8. The van der Waals surface area contributed by atoms with Crippen molar-refractivity contribution in [2.45, 2.75) is 33.2 Å². The first kappa shape index (κ1) is 21.8. The molecule has 1 N–H and O–H groups in total. The molecule has 6 nitrogen and oxygen atoms in total. The van der Waals surface area contributed by atoms with E-state index in [9.17, 15) is 20.0 Å². The molecule has 158 valence electrons. The minimum absolute atomic E-state index is 0.0545. The normalized spacial score (nSPS) is 11.5. The van der Waals surface area contributed by atoms with Crippen LogP contribution in [0.2, 0.25) is 0 Å². The van der Waals surface area contributed by atoms with Crippen molar-refractivity contribution in [1.29, 1.82) is 5.26 Å². The van der Waals surface area contributed by atoms with Crippen molar-refractivity contribution in [3.8, 4) is 17.7 Å². The summed E-state index contributed by atoms with van der Waals surface area (Å²) in [5.41, 5.74) is 0.409. The van der Waals surface area contributed by atoms with Crippen LogP contribution >= 0.6 is 0 Å². The van der Waals surface area contributed by atoms with Crippen molar-refractivity contribution < 1.29 is 14.6 Å². The van der Waals surface area contributed by atoms with Crippen LogP contribution in [0.3, 0.4) is 0 Å². The van der Waals surface area contributed by atoms with E-state index in [-0.39, 0.29) is 16.7 Å². The lowest BCUT2D eigenvalue weighted by Gasteiger charge is -2.21. The molecule has 0 aliphatic carbocycles. The van der Waals surface area contributed by atoms with Gasteiger partial charge in [-0.25, -0.2) is 0 Å². The minimum Gasteiger partial charge on any atom is -0.494 e. The third-order valence-electron chi connectivity index (χ3n) is 5.23. The number of hydrogen-bond acceptors (Lipinski definition) is 5. The fraction of sp³-hybridized carbons (Fsp3) is 0.240. The molecule has 31 heavy (non-hydrogen) atoms. The highest BCUT2D eigenvalue weighted by atomic mass is 16.5. The van der Waals surface area contributed by atoms with Gasteiger partial charge >= 0.3 is 0 Å². The quantitative estimate of drug-likeness (QED) is 0.578. The van der Waals surface area contributed by atoms with Gasteiger partial charge in [0.15, 0.2) is 5.78 Å². The molecular weight excluding hydrogens is 392 g/mol. The number of nitrogens with zero attached hydrogens (tertiary/aromatic N) is 2. The first-order valence-electron chi connectivity index (χ1n) is 10.1. The summed E-state index contributed by atoms with van der Waals surface area (Å²) in [5, 5.41) is 20.6. The van der Waals surface area contributed by atoms with Crippen LogP contribution in [0.5, 0.6) is 11.6 Å². The van der Waals surface area contributed by atoms with E-state index in [1.807, 2.05) is 43.3 Å². The number of benzene rings is 2. The molecule has 0 saturated heterocycles. The predicted octanol–water partition coefficient (Wildman–Crippen LogP) is 4.36. The van der Waals surface area contributed by atoms with Crippen LogP contribution in [0.25, 0.3) is 0 Å². The van der Waals surface area contributed by atoms with E-state index in [1.165, 1.54) is 6.92 Å². The van der Waals surface area contributed by atoms with E-state index in [2.05, 4.69) is 0 Å². The molecule has 1 atom stereocenters. The zero-order chi connectivity index (χ0) is 22.5. The van der Waals surface area contributed by atoms with E-state index in [0.29, 0.717) is 17.9 Å². The van der Waals surface area contributed by atoms with Gasteiger partial charge in [-0.3, -0.25) is 14.2 Å². The summed E-state index contributed by atoms with van der Waals surface area (Å²) in [7, 11) is 0. The molecule has 1 unspecified atom stereocenters. The third-order valence-corrected chi connectivity index (χ3v) is 5.23. The molecule has 0 fully saturated rings. The number of aromatic nitrogens is 1. The Morgan fingerprint density at radius 2 is 1.81 bits per heavy atom. The Morgan fingerprint density at radius 1 is 1.16 bits per heavy atom. The zero-order valence-electron chi connectivity index (χ0n) is 17.8. The first-order chi connectivity index (χ1) is 14.9. The van der Waals surface area contributed by atoms with Crippen molar-refractivity contribution in [1.82, 2.24) is 4.57 Å². The largest absolute Gasteiger partial charge is 0.494 e. The Kier molecular flexibility index (Phi) is 6.56. The van der Waals surface area contributed by atoms with Gasteiger partial charge in [0, 0.05) is 5.56 Å². The number of pyridine rings is 1. The number of carbonyl (C=O) groups excluding carboxylic acids is 1. The fourth-order valence-electron chi connectivity index (χ4n) is 3.50. The second-order valence-corrected chi connectivity index (χ2v) is 7.27. The van der Waals surface area contributed by atoms with Gasteiger partial charge in [-0.1, -0.05) is 37.3 Å². The SMILES string of the molecule is CCCOc1ccc(C(=O)c2c(C)c(C#N)c(=O)n(C(C)c3ccccc3)c2O)cc1. The molecule has 0 aliphatic heterocycles. The van der Waals surface area contributed by atoms with E-state index in [1.54, 1.807) is 31.2 Å². The summed E-state index contributed by atoms with van der Waals surface area (Å²) in [6, 6.07) is 17.0. The van der Waals surface area contributed by atoms with Crippen LogP contribution in [0.4, 0.5) is 0 Å². The van der Waals surface area contributed by atoms with Crippen molar-refractivity contribution >= 4 is 5.78 Å². The van der Waals surface area contributed by atoms with Gasteiger partial charge in [0.2, 0.25) is 5.88 Å². The highest BCUT2D eigenvalue weighted by Crippen LogP contribution is 2.29. The first-order valence-corrected chi connectivity index (χ1v) is 10.1. The van der Waals surface area contributed by atoms with Gasteiger partial charge in [-0.2, -0.15) is 5.26 Å². The standard InChI is InChI=1S/C25H24N2O4/c1-4-14-31-20-12-10-19(11-13-20)23(28)22-16(2)21(15-26)24(29)27(25(22)30)17(3)18-8-6-5-7-9-18/h5-13,17,30H,4,14H2,1-3H3. The highest BCUT2D eigenvalue weighted by molar-refractivity contribution is 6.11. The molecule has 0 amide bonds. The fourth-order valence-corrected chi connectivity index (χ4v) is 3.50. The van der Waals surface area contributed by atoms with Crippen LogP contribution in [-0.4, -0.2) is 22.1 Å². The summed E-state index contributed by atoms with van der Waals surface area (Å²) < 4.78 is 6.65. The van der Waals surface area contributed by atoms with E-state index in [4.69, 9.17) is 4.74 Å².